The second-order valence-corrected chi connectivity index (χ2v) is 6.89. The molecule has 1 saturated heterocycles. The molecular formula is C19H23N3. The van der Waals surface area contributed by atoms with Crippen LogP contribution in [-0.2, 0) is 13.0 Å². The molecule has 2 aliphatic heterocycles. The van der Waals surface area contributed by atoms with E-state index in [1.165, 1.54) is 29.7 Å². The molecule has 3 heterocycles. The van der Waals surface area contributed by atoms with Crippen molar-refractivity contribution in [2.45, 2.75) is 57.7 Å². The van der Waals surface area contributed by atoms with Crippen LogP contribution < -0.4 is 0 Å². The molecule has 1 aromatic heterocycles. The van der Waals surface area contributed by atoms with Gasteiger partial charge in [-0.05, 0) is 18.4 Å². The molecule has 0 spiro atoms. The van der Waals surface area contributed by atoms with Gasteiger partial charge in [-0.15, -0.1) is 0 Å². The molecule has 0 aliphatic carbocycles. The van der Waals surface area contributed by atoms with Crippen LogP contribution in [0.3, 0.4) is 0 Å². The van der Waals surface area contributed by atoms with Gasteiger partial charge in [-0.2, -0.15) is 0 Å². The zero-order valence-electron chi connectivity index (χ0n) is 13.4. The summed E-state index contributed by atoms with van der Waals surface area (Å²) >= 11 is 0. The molecule has 22 heavy (non-hydrogen) atoms. The first-order chi connectivity index (χ1) is 10.7. The molecule has 3 nitrogen and oxygen atoms in total. The van der Waals surface area contributed by atoms with Crippen LogP contribution in [0.1, 0.15) is 61.3 Å². The summed E-state index contributed by atoms with van der Waals surface area (Å²) in [5.41, 5.74) is 4.08. The van der Waals surface area contributed by atoms with Crippen LogP contribution in [0.2, 0.25) is 0 Å². The predicted octanol–water partition coefficient (Wildman–Crippen LogP) is 3.86. The zero-order chi connectivity index (χ0) is 15.1. The van der Waals surface area contributed by atoms with Crippen LogP contribution in [0, 0.1) is 0 Å². The lowest BCUT2D eigenvalue weighted by molar-refractivity contribution is 0.166. The van der Waals surface area contributed by atoms with Gasteiger partial charge in [0.25, 0.3) is 0 Å². The van der Waals surface area contributed by atoms with Crippen molar-refractivity contribution >= 4 is 0 Å². The van der Waals surface area contributed by atoms with Crippen LogP contribution in [0.15, 0.2) is 36.5 Å². The van der Waals surface area contributed by atoms with Gasteiger partial charge in [-0.1, -0.05) is 44.2 Å². The van der Waals surface area contributed by atoms with Crippen LogP contribution in [0.5, 0.6) is 0 Å². The third-order valence-corrected chi connectivity index (χ3v) is 5.07. The standard InChI is InChI=1S/C19H23N3/c1-13(2)19-20-11-16-17(21-19)10-15-8-9-18(16)22(15)12-14-6-4-3-5-7-14/h3-7,11,13,15,18H,8-10,12H2,1-2H3/t15-,18+/m1/s1. The Morgan fingerprint density at radius 1 is 1.18 bits per heavy atom. The summed E-state index contributed by atoms with van der Waals surface area (Å²) in [5, 5.41) is 0. The number of aromatic nitrogens is 2. The van der Waals surface area contributed by atoms with E-state index in [0.29, 0.717) is 18.0 Å². The maximum Gasteiger partial charge on any atom is 0.131 e. The lowest BCUT2D eigenvalue weighted by atomic mass is 9.98. The van der Waals surface area contributed by atoms with Gasteiger partial charge < -0.3 is 0 Å². The van der Waals surface area contributed by atoms with E-state index in [2.05, 4.69) is 60.3 Å². The summed E-state index contributed by atoms with van der Waals surface area (Å²) in [7, 11) is 0. The lowest BCUT2D eigenvalue weighted by Crippen LogP contribution is -2.37. The van der Waals surface area contributed by atoms with E-state index in [9.17, 15) is 0 Å². The Kier molecular flexibility index (Phi) is 3.45. The molecule has 0 amide bonds. The van der Waals surface area contributed by atoms with Crippen LogP contribution in [0.25, 0.3) is 0 Å². The summed E-state index contributed by atoms with van der Waals surface area (Å²) in [6, 6.07) is 12.0. The maximum atomic E-state index is 4.86. The molecule has 2 bridgehead atoms. The van der Waals surface area contributed by atoms with Gasteiger partial charge in [0.2, 0.25) is 0 Å². The van der Waals surface area contributed by atoms with Gasteiger partial charge in [0.1, 0.15) is 5.82 Å². The minimum atomic E-state index is 0.408. The van der Waals surface area contributed by atoms with Gasteiger partial charge in [-0.25, -0.2) is 9.97 Å². The summed E-state index contributed by atoms with van der Waals surface area (Å²) in [4.78, 5) is 12.1. The van der Waals surface area contributed by atoms with Crippen molar-refractivity contribution in [1.29, 1.82) is 0 Å². The maximum absolute atomic E-state index is 4.86. The summed E-state index contributed by atoms with van der Waals surface area (Å²) in [6.45, 7) is 5.38. The molecule has 1 fully saturated rings. The molecule has 2 aliphatic rings. The van der Waals surface area contributed by atoms with Crippen LogP contribution >= 0.6 is 0 Å². The fraction of sp³-hybridized carbons (Fsp3) is 0.474. The van der Waals surface area contributed by atoms with Crippen molar-refractivity contribution in [1.82, 2.24) is 14.9 Å². The van der Waals surface area contributed by atoms with Gasteiger partial charge in [0.15, 0.2) is 0 Å². The normalized spacial score (nSPS) is 23.8. The SMILES string of the molecule is CC(C)c1ncc2c(n1)C[C@H]1CC[C@@H]2N1Cc1ccccc1. The van der Waals surface area contributed by atoms with Gasteiger partial charge in [0.05, 0.1) is 5.69 Å². The fourth-order valence-electron chi connectivity index (χ4n) is 3.91. The topological polar surface area (TPSA) is 29.0 Å². The Labute approximate surface area is 132 Å². The molecular weight excluding hydrogens is 270 g/mol. The molecule has 3 heteroatoms. The minimum Gasteiger partial charge on any atom is -0.289 e. The molecule has 0 saturated carbocycles. The summed E-state index contributed by atoms with van der Waals surface area (Å²) in [5.74, 6) is 1.40. The number of benzene rings is 1. The highest BCUT2D eigenvalue weighted by Gasteiger charge is 2.40. The number of fused-ring (bicyclic) bond motifs is 4. The van der Waals surface area contributed by atoms with Crippen molar-refractivity contribution in [3.05, 3.63) is 59.2 Å². The van der Waals surface area contributed by atoms with E-state index in [1.54, 1.807) is 0 Å². The van der Waals surface area contributed by atoms with E-state index >= 15 is 0 Å². The largest absolute Gasteiger partial charge is 0.289 e. The van der Waals surface area contributed by atoms with Gasteiger partial charge in [-0.3, -0.25) is 4.90 Å². The first kappa shape index (κ1) is 13.9. The lowest BCUT2D eigenvalue weighted by Gasteiger charge is -2.35. The first-order valence-corrected chi connectivity index (χ1v) is 8.37. The monoisotopic (exact) mass is 293 g/mol. The number of nitrogens with zero attached hydrogens (tertiary/aromatic N) is 3. The van der Waals surface area contributed by atoms with Crippen molar-refractivity contribution in [3.63, 3.8) is 0 Å². The summed E-state index contributed by atoms with van der Waals surface area (Å²) in [6.07, 6.45) is 5.71. The van der Waals surface area contributed by atoms with E-state index in [4.69, 9.17) is 4.98 Å². The fourth-order valence-corrected chi connectivity index (χ4v) is 3.91. The predicted molar refractivity (Wildman–Crippen MR) is 87.6 cm³/mol. The van der Waals surface area contributed by atoms with E-state index in [0.717, 1.165) is 18.8 Å². The number of hydrogen-bond donors (Lipinski definition) is 0. The van der Waals surface area contributed by atoms with E-state index in [-0.39, 0.29) is 0 Å². The Morgan fingerprint density at radius 3 is 2.77 bits per heavy atom. The second kappa shape index (κ2) is 5.47. The van der Waals surface area contributed by atoms with Crippen molar-refractivity contribution < 1.29 is 0 Å². The third-order valence-electron chi connectivity index (χ3n) is 5.07. The average Bonchev–Trinajstić information content (AvgIpc) is 2.80. The van der Waals surface area contributed by atoms with E-state index in [1.807, 2.05) is 0 Å². The van der Waals surface area contributed by atoms with Crippen LogP contribution in [0.4, 0.5) is 0 Å². The van der Waals surface area contributed by atoms with Crippen molar-refractivity contribution in [3.8, 4) is 0 Å². The average molecular weight is 293 g/mol. The van der Waals surface area contributed by atoms with Gasteiger partial charge >= 0.3 is 0 Å². The Bertz CT molecular complexity index is 666. The molecule has 0 radical (unpaired) electrons. The third kappa shape index (κ3) is 2.34. The minimum absolute atomic E-state index is 0.408. The Morgan fingerprint density at radius 2 is 2.00 bits per heavy atom. The molecule has 114 valence electrons. The zero-order valence-corrected chi connectivity index (χ0v) is 13.4. The quantitative estimate of drug-likeness (QED) is 0.860. The smallest absolute Gasteiger partial charge is 0.131 e. The van der Waals surface area contributed by atoms with Crippen molar-refractivity contribution in [2.75, 3.05) is 0 Å². The Hall–Kier alpha value is -1.74. The van der Waals surface area contributed by atoms with E-state index < -0.39 is 0 Å². The molecule has 0 unspecified atom stereocenters. The highest BCUT2D eigenvalue weighted by atomic mass is 15.2. The molecule has 2 atom stereocenters. The molecule has 1 aromatic carbocycles. The molecule has 0 N–H and O–H groups in total. The highest BCUT2D eigenvalue weighted by Crippen LogP contribution is 2.43. The first-order valence-electron chi connectivity index (χ1n) is 8.37. The second-order valence-electron chi connectivity index (χ2n) is 6.89. The van der Waals surface area contributed by atoms with Crippen molar-refractivity contribution in [2.24, 2.45) is 0 Å². The highest BCUT2D eigenvalue weighted by molar-refractivity contribution is 5.30. The van der Waals surface area contributed by atoms with Crippen LogP contribution in [-0.4, -0.2) is 20.9 Å². The Balaban J connectivity index is 1.63. The summed E-state index contributed by atoms with van der Waals surface area (Å²) < 4.78 is 0. The molecule has 4 rings (SSSR count). The number of hydrogen-bond acceptors (Lipinski definition) is 3. The number of rotatable bonds is 3. The van der Waals surface area contributed by atoms with Gasteiger partial charge in [0, 0.05) is 42.7 Å². The molecule has 2 aromatic rings.